The first kappa shape index (κ1) is 29.3. The van der Waals surface area contributed by atoms with Gasteiger partial charge in [-0.05, 0) is 103 Å². The SMILES string of the molecule is CNc1ccc2c(c1)C(C(c1ccccc1)(c1ccccc1)C1C=Cc3ccc(-c4ccc5ccccc5c4)cc31)c1cc(NC)ccc1-2. The highest BCUT2D eigenvalue weighted by atomic mass is 14.8. The van der Waals surface area contributed by atoms with E-state index in [0.29, 0.717) is 0 Å². The summed E-state index contributed by atoms with van der Waals surface area (Å²) in [7, 11) is 4.04. The van der Waals surface area contributed by atoms with Crippen molar-refractivity contribution >= 4 is 28.2 Å². The van der Waals surface area contributed by atoms with Gasteiger partial charge in [-0.2, -0.15) is 0 Å². The Kier molecular flexibility index (Phi) is 6.98. The van der Waals surface area contributed by atoms with Gasteiger partial charge in [-0.3, -0.25) is 0 Å². The first-order valence-electron chi connectivity index (χ1n) is 17.2. The lowest BCUT2D eigenvalue weighted by atomic mass is 9.55. The van der Waals surface area contributed by atoms with Crippen LogP contribution in [0.3, 0.4) is 0 Å². The second kappa shape index (κ2) is 11.7. The van der Waals surface area contributed by atoms with Gasteiger partial charge in [0.1, 0.15) is 0 Å². The molecular formula is C47H38N2. The Labute approximate surface area is 288 Å². The minimum Gasteiger partial charge on any atom is -0.388 e. The molecule has 7 aromatic carbocycles. The van der Waals surface area contributed by atoms with Gasteiger partial charge in [-0.25, -0.2) is 0 Å². The summed E-state index contributed by atoms with van der Waals surface area (Å²) in [5.41, 5.74) is 14.9. The monoisotopic (exact) mass is 630 g/mol. The maximum absolute atomic E-state index is 3.45. The molecule has 0 heterocycles. The van der Waals surface area contributed by atoms with Crippen LogP contribution in [0, 0.1) is 0 Å². The predicted molar refractivity (Wildman–Crippen MR) is 208 cm³/mol. The van der Waals surface area contributed by atoms with Crippen molar-refractivity contribution < 1.29 is 0 Å². The Morgan fingerprint density at radius 1 is 0.469 bits per heavy atom. The van der Waals surface area contributed by atoms with E-state index in [0.717, 1.165) is 11.4 Å². The van der Waals surface area contributed by atoms with Gasteiger partial charge < -0.3 is 10.6 Å². The molecule has 0 amide bonds. The maximum atomic E-state index is 3.45. The molecular weight excluding hydrogens is 593 g/mol. The highest BCUT2D eigenvalue weighted by molar-refractivity contribution is 5.88. The summed E-state index contributed by atoms with van der Waals surface area (Å²) in [6.07, 6.45) is 4.84. The highest BCUT2D eigenvalue weighted by Gasteiger charge is 2.53. The van der Waals surface area contributed by atoms with Crippen molar-refractivity contribution in [2.24, 2.45) is 0 Å². The average molecular weight is 631 g/mol. The van der Waals surface area contributed by atoms with Crippen LogP contribution in [-0.2, 0) is 5.41 Å². The Hall–Kier alpha value is -5.86. The zero-order chi connectivity index (χ0) is 33.0. The maximum Gasteiger partial charge on any atom is 0.0415 e. The lowest BCUT2D eigenvalue weighted by Crippen LogP contribution is -2.40. The van der Waals surface area contributed by atoms with E-state index in [9.17, 15) is 0 Å². The first-order valence-corrected chi connectivity index (χ1v) is 17.2. The zero-order valence-corrected chi connectivity index (χ0v) is 27.8. The van der Waals surface area contributed by atoms with Crippen LogP contribution < -0.4 is 10.6 Å². The van der Waals surface area contributed by atoms with Crippen LogP contribution in [0.4, 0.5) is 11.4 Å². The molecule has 0 fully saturated rings. The van der Waals surface area contributed by atoms with Gasteiger partial charge in [0.2, 0.25) is 0 Å². The van der Waals surface area contributed by atoms with Crippen molar-refractivity contribution in [3.63, 3.8) is 0 Å². The van der Waals surface area contributed by atoms with Gasteiger partial charge >= 0.3 is 0 Å². The van der Waals surface area contributed by atoms with Crippen molar-refractivity contribution in [1.29, 1.82) is 0 Å². The predicted octanol–water partition coefficient (Wildman–Crippen LogP) is 11.5. The van der Waals surface area contributed by atoms with Crippen LogP contribution in [0.15, 0.2) is 164 Å². The van der Waals surface area contributed by atoms with Crippen molar-refractivity contribution in [2.45, 2.75) is 17.3 Å². The third kappa shape index (κ3) is 4.55. The fourth-order valence-electron chi connectivity index (χ4n) is 8.77. The number of allylic oxidation sites excluding steroid dienone is 1. The number of anilines is 2. The van der Waals surface area contributed by atoms with Crippen molar-refractivity contribution in [1.82, 2.24) is 0 Å². The van der Waals surface area contributed by atoms with E-state index < -0.39 is 5.41 Å². The molecule has 2 N–H and O–H groups in total. The molecule has 49 heavy (non-hydrogen) atoms. The number of hydrogen-bond donors (Lipinski definition) is 2. The van der Waals surface area contributed by atoms with Crippen LogP contribution in [0.5, 0.6) is 0 Å². The smallest absolute Gasteiger partial charge is 0.0415 e. The van der Waals surface area contributed by atoms with Crippen LogP contribution >= 0.6 is 0 Å². The van der Waals surface area contributed by atoms with E-state index in [2.05, 4.69) is 181 Å². The first-order chi connectivity index (χ1) is 24.2. The highest BCUT2D eigenvalue weighted by Crippen LogP contribution is 2.63. The minimum absolute atomic E-state index is 0.0359. The van der Waals surface area contributed by atoms with Crippen molar-refractivity contribution in [3.8, 4) is 22.3 Å². The number of nitrogens with one attached hydrogen (secondary N) is 2. The molecule has 0 aliphatic heterocycles. The molecule has 2 heteroatoms. The number of fused-ring (bicyclic) bond motifs is 5. The fraction of sp³-hybridized carbons (Fsp3) is 0.106. The lowest BCUT2D eigenvalue weighted by molar-refractivity contribution is 0.417. The van der Waals surface area contributed by atoms with Gasteiger partial charge in [-0.15, -0.1) is 0 Å². The molecule has 2 aliphatic carbocycles. The molecule has 0 saturated heterocycles. The van der Waals surface area contributed by atoms with E-state index >= 15 is 0 Å². The molecule has 9 rings (SSSR count). The molecule has 236 valence electrons. The van der Waals surface area contributed by atoms with Gasteiger partial charge in [0.25, 0.3) is 0 Å². The third-order valence-corrected chi connectivity index (χ3v) is 11.0. The van der Waals surface area contributed by atoms with Crippen LogP contribution in [0.1, 0.15) is 45.2 Å². The number of hydrogen-bond acceptors (Lipinski definition) is 2. The van der Waals surface area contributed by atoms with Gasteiger partial charge in [-0.1, -0.05) is 133 Å². The standard InChI is InChI=1S/C47H38N2/c1-48-38-22-24-40-41-25-23-39(49-2)30-44(41)46(43(40)29-38)47(36-13-5-3-6-14-36,37-15-7-4-8-16-37)45-26-21-32-18-20-35(28-42(32)45)34-19-17-31-11-9-10-12-33(31)27-34/h3-30,45-46,48-49H,1-2H3. The molecule has 7 aromatic rings. The Bertz CT molecular complexity index is 2280. The van der Waals surface area contributed by atoms with Gasteiger partial charge in [0.05, 0.1) is 0 Å². The number of rotatable bonds is 7. The van der Waals surface area contributed by atoms with Crippen LogP contribution in [0.2, 0.25) is 0 Å². The summed E-state index contributed by atoms with van der Waals surface area (Å²) in [5.74, 6) is 0.0989. The minimum atomic E-state index is -0.467. The van der Waals surface area contributed by atoms with E-state index in [1.165, 1.54) is 66.4 Å². The average Bonchev–Trinajstić information content (AvgIpc) is 3.74. The van der Waals surface area contributed by atoms with Gasteiger partial charge in [0.15, 0.2) is 0 Å². The molecule has 2 aliphatic rings. The van der Waals surface area contributed by atoms with E-state index in [1.54, 1.807) is 0 Å². The number of benzene rings is 7. The van der Waals surface area contributed by atoms with Crippen molar-refractivity contribution in [3.05, 3.63) is 197 Å². The lowest BCUT2D eigenvalue weighted by Gasteiger charge is -2.46. The topological polar surface area (TPSA) is 24.1 Å². The van der Waals surface area contributed by atoms with Gasteiger partial charge in [0, 0.05) is 42.7 Å². The third-order valence-electron chi connectivity index (χ3n) is 11.0. The molecule has 0 bridgehead atoms. The Morgan fingerprint density at radius 2 is 1.02 bits per heavy atom. The van der Waals surface area contributed by atoms with E-state index in [1.807, 2.05) is 14.1 Å². The summed E-state index contributed by atoms with van der Waals surface area (Å²) in [6.45, 7) is 0. The molecule has 2 nitrogen and oxygen atoms in total. The Morgan fingerprint density at radius 3 is 1.63 bits per heavy atom. The molecule has 1 atom stereocenters. The quantitative estimate of drug-likeness (QED) is 0.183. The summed E-state index contributed by atoms with van der Waals surface area (Å²) in [4.78, 5) is 0. The second-order valence-electron chi connectivity index (χ2n) is 13.4. The molecule has 1 unspecified atom stereocenters. The van der Waals surface area contributed by atoms with E-state index in [-0.39, 0.29) is 11.8 Å². The zero-order valence-electron chi connectivity index (χ0n) is 27.8. The van der Waals surface area contributed by atoms with Crippen LogP contribution in [0.25, 0.3) is 39.1 Å². The molecule has 0 saturated carbocycles. The summed E-state index contributed by atoms with van der Waals surface area (Å²) >= 11 is 0. The summed E-state index contributed by atoms with van der Waals surface area (Å²) in [6, 6.07) is 59.0. The largest absolute Gasteiger partial charge is 0.388 e. The summed E-state index contributed by atoms with van der Waals surface area (Å²) < 4.78 is 0. The second-order valence-corrected chi connectivity index (χ2v) is 13.4. The molecule has 0 spiro atoms. The fourth-order valence-corrected chi connectivity index (χ4v) is 8.77. The van der Waals surface area contributed by atoms with E-state index in [4.69, 9.17) is 0 Å². The summed E-state index contributed by atoms with van der Waals surface area (Å²) in [5, 5.41) is 9.43. The normalized spacial score (nSPS) is 14.8. The van der Waals surface area contributed by atoms with Crippen molar-refractivity contribution in [2.75, 3.05) is 24.7 Å². The molecule has 0 aromatic heterocycles. The molecule has 0 radical (unpaired) electrons. The Balaban J connectivity index is 1.35. The van der Waals surface area contributed by atoms with Crippen LogP contribution in [-0.4, -0.2) is 14.1 Å².